The van der Waals surface area contributed by atoms with Crippen molar-refractivity contribution in [3.8, 4) is 0 Å². The quantitative estimate of drug-likeness (QED) is 0.796. The molecule has 5 heteroatoms. The van der Waals surface area contributed by atoms with E-state index in [0.29, 0.717) is 18.4 Å². The van der Waals surface area contributed by atoms with Gasteiger partial charge in [-0.2, -0.15) is 4.98 Å². The average molecular weight is 292 g/mol. The number of hydrogen-bond acceptors (Lipinski definition) is 5. The summed E-state index contributed by atoms with van der Waals surface area (Å²) >= 11 is 0. The Bertz CT molecular complexity index is 505. The van der Waals surface area contributed by atoms with Crippen molar-refractivity contribution in [2.45, 2.75) is 70.1 Å². The normalized spacial score (nSPS) is 27.9. The molecule has 2 unspecified atom stereocenters. The van der Waals surface area contributed by atoms with E-state index in [4.69, 9.17) is 9.26 Å². The third-order valence-electron chi connectivity index (χ3n) is 5.03. The first kappa shape index (κ1) is 14.5. The Morgan fingerprint density at radius 3 is 2.76 bits per heavy atom. The first-order chi connectivity index (χ1) is 10.2. The van der Waals surface area contributed by atoms with Crippen LogP contribution >= 0.6 is 0 Å². The number of carbonyl (C=O) groups is 1. The van der Waals surface area contributed by atoms with Crippen molar-refractivity contribution in [3.05, 3.63) is 11.7 Å². The molecule has 2 aliphatic carbocycles. The highest BCUT2D eigenvalue weighted by molar-refractivity contribution is 5.82. The van der Waals surface area contributed by atoms with Gasteiger partial charge in [0.1, 0.15) is 5.41 Å². The molecule has 0 spiro atoms. The molecule has 5 nitrogen and oxygen atoms in total. The SMILES string of the molecule is CCOC(=O)C1(c2nc(C3CCC(C)C3)no2)CCCC1. The van der Waals surface area contributed by atoms with Crippen LogP contribution in [0.5, 0.6) is 0 Å². The molecule has 0 radical (unpaired) electrons. The van der Waals surface area contributed by atoms with Gasteiger partial charge in [0.05, 0.1) is 6.61 Å². The highest BCUT2D eigenvalue weighted by atomic mass is 16.5. The van der Waals surface area contributed by atoms with Gasteiger partial charge in [0.2, 0.25) is 5.89 Å². The third kappa shape index (κ3) is 2.58. The van der Waals surface area contributed by atoms with Crippen molar-refractivity contribution in [2.75, 3.05) is 6.61 Å². The van der Waals surface area contributed by atoms with Crippen LogP contribution in [0.2, 0.25) is 0 Å². The zero-order chi connectivity index (χ0) is 14.9. The Morgan fingerprint density at radius 1 is 1.38 bits per heavy atom. The number of hydrogen-bond donors (Lipinski definition) is 0. The second kappa shape index (κ2) is 5.78. The van der Waals surface area contributed by atoms with Crippen molar-refractivity contribution in [1.82, 2.24) is 10.1 Å². The molecule has 2 aliphatic rings. The van der Waals surface area contributed by atoms with E-state index in [1.807, 2.05) is 6.92 Å². The molecule has 0 aromatic carbocycles. The number of nitrogens with zero attached hydrogens (tertiary/aromatic N) is 2. The van der Waals surface area contributed by atoms with Crippen LogP contribution in [0.25, 0.3) is 0 Å². The lowest BCUT2D eigenvalue weighted by atomic mass is 9.86. The molecule has 0 aliphatic heterocycles. The molecular weight excluding hydrogens is 268 g/mol. The molecule has 2 atom stereocenters. The molecule has 0 saturated heterocycles. The number of ether oxygens (including phenoxy) is 1. The van der Waals surface area contributed by atoms with Crippen molar-refractivity contribution < 1.29 is 14.1 Å². The summed E-state index contributed by atoms with van der Waals surface area (Å²) in [5.41, 5.74) is -0.689. The van der Waals surface area contributed by atoms with E-state index in [0.717, 1.165) is 50.3 Å². The summed E-state index contributed by atoms with van der Waals surface area (Å²) in [5.74, 6) is 2.18. The molecule has 21 heavy (non-hydrogen) atoms. The molecule has 3 rings (SSSR count). The molecule has 2 saturated carbocycles. The van der Waals surface area contributed by atoms with Gasteiger partial charge in [-0.1, -0.05) is 24.9 Å². The zero-order valence-electron chi connectivity index (χ0n) is 12.9. The van der Waals surface area contributed by atoms with Crippen molar-refractivity contribution in [1.29, 1.82) is 0 Å². The molecule has 0 N–H and O–H groups in total. The summed E-state index contributed by atoms with van der Waals surface area (Å²) < 4.78 is 10.8. The largest absolute Gasteiger partial charge is 0.465 e. The van der Waals surface area contributed by atoms with E-state index in [1.165, 1.54) is 6.42 Å². The van der Waals surface area contributed by atoms with Gasteiger partial charge in [0, 0.05) is 5.92 Å². The molecule has 116 valence electrons. The van der Waals surface area contributed by atoms with Crippen molar-refractivity contribution in [2.24, 2.45) is 5.92 Å². The minimum Gasteiger partial charge on any atom is -0.465 e. The van der Waals surface area contributed by atoms with Gasteiger partial charge in [-0.05, 0) is 44.9 Å². The topological polar surface area (TPSA) is 65.2 Å². The highest BCUT2D eigenvalue weighted by Crippen LogP contribution is 2.43. The van der Waals surface area contributed by atoms with Gasteiger partial charge >= 0.3 is 5.97 Å². The van der Waals surface area contributed by atoms with Crippen LogP contribution < -0.4 is 0 Å². The fraction of sp³-hybridized carbons (Fsp3) is 0.812. The van der Waals surface area contributed by atoms with E-state index in [1.54, 1.807) is 0 Å². The third-order valence-corrected chi connectivity index (χ3v) is 5.03. The smallest absolute Gasteiger partial charge is 0.321 e. The van der Waals surface area contributed by atoms with E-state index >= 15 is 0 Å². The maximum atomic E-state index is 12.4. The Morgan fingerprint density at radius 2 is 2.14 bits per heavy atom. The van der Waals surface area contributed by atoms with E-state index in [-0.39, 0.29) is 5.97 Å². The summed E-state index contributed by atoms with van der Waals surface area (Å²) in [7, 11) is 0. The Balaban J connectivity index is 1.84. The van der Waals surface area contributed by atoms with Gasteiger partial charge in [0.15, 0.2) is 5.82 Å². The van der Waals surface area contributed by atoms with Gasteiger partial charge in [-0.15, -0.1) is 0 Å². The summed E-state index contributed by atoms with van der Waals surface area (Å²) in [5, 5.41) is 4.17. The Kier molecular flexibility index (Phi) is 4.00. The van der Waals surface area contributed by atoms with Crippen LogP contribution in [0.15, 0.2) is 4.52 Å². The van der Waals surface area contributed by atoms with Gasteiger partial charge in [0.25, 0.3) is 0 Å². The highest BCUT2D eigenvalue weighted by Gasteiger charge is 2.49. The summed E-state index contributed by atoms with van der Waals surface area (Å²) in [6.07, 6.45) is 6.99. The maximum Gasteiger partial charge on any atom is 0.321 e. The predicted octanol–water partition coefficient (Wildman–Crippen LogP) is 3.35. The van der Waals surface area contributed by atoms with Crippen LogP contribution in [0.3, 0.4) is 0 Å². The lowest BCUT2D eigenvalue weighted by Crippen LogP contribution is -2.35. The van der Waals surface area contributed by atoms with E-state index in [9.17, 15) is 4.79 Å². The van der Waals surface area contributed by atoms with Crippen molar-refractivity contribution in [3.63, 3.8) is 0 Å². The van der Waals surface area contributed by atoms with Crippen LogP contribution in [0, 0.1) is 5.92 Å². The minimum atomic E-state index is -0.689. The van der Waals surface area contributed by atoms with Gasteiger partial charge < -0.3 is 9.26 Å². The molecule has 1 aromatic heterocycles. The first-order valence-electron chi connectivity index (χ1n) is 8.17. The van der Waals surface area contributed by atoms with Gasteiger partial charge in [-0.25, -0.2) is 0 Å². The molecule has 1 heterocycles. The first-order valence-corrected chi connectivity index (χ1v) is 8.17. The second-order valence-electron chi connectivity index (χ2n) is 6.58. The van der Waals surface area contributed by atoms with Crippen LogP contribution in [0.1, 0.15) is 76.4 Å². The minimum absolute atomic E-state index is 0.197. The summed E-state index contributed by atoms with van der Waals surface area (Å²) in [6, 6.07) is 0. The zero-order valence-corrected chi connectivity index (χ0v) is 12.9. The van der Waals surface area contributed by atoms with E-state index in [2.05, 4.69) is 17.1 Å². The van der Waals surface area contributed by atoms with Crippen LogP contribution in [0.4, 0.5) is 0 Å². The Hall–Kier alpha value is -1.39. The number of rotatable bonds is 4. The number of carbonyl (C=O) groups excluding carboxylic acids is 1. The van der Waals surface area contributed by atoms with E-state index < -0.39 is 5.41 Å². The van der Waals surface area contributed by atoms with Crippen molar-refractivity contribution >= 4 is 5.97 Å². The fourth-order valence-corrected chi connectivity index (χ4v) is 3.79. The lowest BCUT2D eigenvalue weighted by Gasteiger charge is -2.21. The molecule has 2 fully saturated rings. The van der Waals surface area contributed by atoms with Crippen LogP contribution in [-0.4, -0.2) is 22.7 Å². The second-order valence-corrected chi connectivity index (χ2v) is 6.58. The predicted molar refractivity (Wildman–Crippen MR) is 76.8 cm³/mol. The standard InChI is InChI=1S/C16H24N2O3/c1-3-20-15(19)16(8-4-5-9-16)14-17-13(18-21-14)12-7-6-11(2)10-12/h11-12H,3-10H2,1-2H3. The number of aromatic nitrogens is 2. The maximum absolute atomic E-state index is 12.4. The number of esters is 1. The summed E-state index contributed by atoms with van der Waals surface area (Å²) in [6.45, 7) is 4.49. The fourth-order valence-electron chi connectivity index (χ4n) is 3.79. The molecular formula is C16H24N2O3. The molecule has 0 bridgehead atoms. The lowest BCUT2D eigenvalue weighted by molar-refractivity contribution is -0.151. The monoisotopic (exact) mass is 292 g/mol. The molecule has 0 amide bonds. The van der Waals surface area contributed by atoms with Crippen LogP contribution in [-0.2, 0) is 14.9 Å². The Labute approximate surface area is 125 Å². The average Bonchev–Trinajstić information content (AvgIpc) is 3.18. The molecule has 1 aromatic rings. The van der Waals surface area contributed by atoms with Gasteiger partial charge in [-0.3, -0.25) is 4.79 Å². The summed E-state index contributed by atoms with van der Waals surface area (Å²) in [4.78, 5) is 17.0.